The number of amides is 1. The van der Waals surface area contributed by atoms with Gasteiger partial charge in [0.1, 0.15) is 12.4 Å². The van der Waals surface area contributed by atoms with E-state index in [2.05, 4.69) is 22.3 Å². The Morgan fingerprint density at radius 3 is 2.29 bits per heavy atom. The van der Waals surface area contributed by atoms with Crippen LogP contribution in [0.25, 0.3) is 0 Å². The smallest absolute Gasteiger partial charge is 0.235 e. The molecule has 1 heterocycles. The third kappa shape index (κ3) is 4.22. The number of nitrogens with zero attached hydrogens (tertiary/aromatic N) is 1. The Morgan fingerprint density at radius 2 is 1.61 bits per heavy atom. The zero-order valence-corrected chi connectivity index (χ0v) is 16.5. The summed E-state index contributed by atoms with van der Waals surface area (Å²) >= 11 is 0. The van der Waals surface area contributed by atoms with Crippen molar-refractivity contribution in [3.8, 4) is 5.75 Å². The van der Waals surface area contributed by atoms with Gasteiger partial charge in [0.2, 0.25) is 5.91 Å². The van der Waals surface area contributed by atoms with Crippen molar-refractivity contribution in [1.82, 2.24) is 4.90 Å². The molecule has 1 saturated carbocycles. The van der Waals surface area contributed by atoms with E-state index in [4.69, 9.17) is 4.74 Å². The molecule has 1 saturated heterocycles. The zero-order valence-electron chi connectivity index (χ0n) is 16.5. The maximum Gasteiger partial charge on any atom is 0.235 e. The molecule has 28 heavy (non-hydrogen) atoms. The average Bonchev–Trinajstić information content (AvgIpc) is 3.43. The fourth-order valence-corrected chi connectivity index (χ4v) is 4.57. The molecule has 0 spiro atoms. The fraction of sp³-hybridized carbons (Fsp3) is 0.458. The summed E-state index contributed by atoms with van der Waals surface area (Å²) in [5.74, 6) is 0.967. The summed E-state index contributed by atoms with van der Waals surface area (Å²) in [6, 6.07) is 18.0. The van der Waals surface area contributed by atoms with Gasteiger partial charge in [0.25, 0.3) is 0 Å². The van der Waals surface area contributed by atoms with Crippen LogP contribution in [0.15, 0.2) is 54.6 Å². The minimum absolute atomic E-state index is 0.110. The van der Waals surface area contributed by atoms with Crippen molar-refractivity contribution in [2.24, 2.45) is 0 Å². The standard InChI is InChI=1S/C24H30N2O2/c27-23(24(14-4-5-15-24)20-8-2-1-3-9-20)25-21-10-12-22(13-11-21)28-19-18-26-16-6-7-17-26/h1-3,8-13H,4-7,14-19H2,(H,25,27). The van der Waals surface area contributed by atoms with Gasteiger partial charge >= 0.3 is 0 Å². The van der Waals surface area contributed by atoms with Crippen LogP contribution < -0.4 is 10.1 Å². The molecular weight excluding hydrogens is 348 g/mol. The second-order valence-corrected chi connectivity index (χ2v) is 8.03. The number of hydrogen-bond acceptors (Lipinski definition) is 3. The summed E-state index contributed by atoms with van der Waals surface area (Å²) in [4.78, 5) is 15.6. The van der Waals surface area contributed by atoms with Crippen LogP contribution in [0, 0.1) is 0 Å². The maximum absolute atomic E-state index is 13.2. The lowest BCUT2D eigenvalue weighted by Gasteiger charge is -2.28. The van der Waals surface area contributed by atoms with Crippen molar-refractivity contribution >= 4 is 11.6 Å². The van der Waals surface area contributed by atoms with Crippen LogP contribution in [-0.2, 0) is 10.2 Å². The van der Waals surface area contributed by atoms with Crippen LogP contribution in [0.1, 0.15) is 44.1 Å². The highest BCUT2D eigenvalue weighted by Crippen LogP contribution is 2.42. The molecule has 4 rings (SSSR count). The van der Waals surface area contributed by atoms with Gasteiger partial charge in [-0.05, 0) is 68.6 Å². The Labute approximate surface area is 167 Å². The minimum atomic E-state index is -0.397. The molecule has 0 unspecified atom stereocenters. The molecule has 2 aromatic rings. The van der Waals surface area contributed by atoms with E-state index in [0.29, 0.717) is 6.61 Å². The lowest BCUT2D eigenvalue weighted by Crippen LogP contribution is -2.37. The van der Waals surface area contributed by atoms with Crippen LogP contribution >= 0.6 is 0 Å². The van der Waals surface area contributed by atoms with Gasteiger partial charge < -0.3 is 10.1 Å². The SMILES string of the molecule is O=C(Nc1ccc(OCCN2CCCC2)cc1)C1(c2ccccc2)CCCC1. The monoisotopic (exact) mass is 378 g/mol. The van der Waals surface area contributed by atoms with Gasteiger partial charge in [0, 0.05) is 12.2 Å². The Kier molecular flexibility index (Phi) is 5.96. The molecule has 4 nitrogen and oxygen atoms in total. The normalized spacial score (nSPS) is 18.9. The van der Waals surface area contributed by atoms with E-state index in [1.165, 1.54) is 25.9 Å². The number of hydrogen-bond donors (Lipinski definition) is 1. The van der Waals surface area contributed by atoms with Gasteiger partial charge in [0.05, 0.1) is 5.41 Å². The summed E-state index contributed by atoms with van der Waals surface area (Å²) in [6.45, 7) is 4.08. The largest absolute Gasteiger partial charge is 0.492 e. The van der Waals surface area contributed by atoms with Gasteiger partial charge in [-0.3, -0.25) is 9.69 Å². The number of likely N-dealkylation sites (tertiary alicyclic amines) is 1. The molecule has 1 N–H and O–H groups in total. The van der Waals surface area contributed by atoms with Crippen LogP contribution in [0.5, 0.6) is 5.75 Å². The summed E-state index contributed by atoms with van der Waals surface area (Å²) in [5.41, 5.74) is 1.57. The molecule has 0 radical (unpaired) electrons. The highest BCUT2D eigenvalue weighted by atomic mass is 16.5. The van der Waals surface area contributed by atoms with Gasteiger partial charge in [-0.15, -0.1) is 0 Å². The number of nitrogens with one attached hydrogen (secondary N) is 1. The molecule has 2 aromatic carbocycles. The fourth-order valence-electron chi connectivity index (χ4n) is 4.57. The number of anilines is 1. The van der Waals surface area contributed by atoms with E-state index in [1.807, 2.05) is 42.5 Å². The molecule has 0 atom stereocenters. The lowest BCUT2D eigenvalue weighted by molar-refractivity contribution is -0.121. The van der Waals surface area contributed by atoms with Crippen molar-refractivity contribution < 1.29 is 9.53 Å². The molecule has 2 fully saturated rings. The molecule has 0 bridgehead atoms. The molecule has 1 aliphatic carbocycles. The summed E-state index contributed by atoms with van der Waals surface area (Å²) in [6.07, 6.45) is 6.65. The van der Waals surface area contributed by atoms with Crippen molar-refractivity contribution in [1.29, 1.82) is 0 Å². The van der Waals surface area contributed by atoms with E-state index in [1.54, 1.807) is 0 Å². The first-order chi connectivity index (χ1) is 13.8. The first kappa shape index (κ1) is 19.0. The van der Waals surface area contributed by atoms with E-state index in [9.17, 15) is 4.79 Å². The molecule has 148 valence electrons. The number of benzene rings is 2. The summed E-state index contributed by atoms with van der Waals surface area (Å²) < 4.78 is 5.86. The molecular formula is C24H30N2O2. The van der Waals surface area contributed by atoms with E-state index >= 15 is 0 Å². The van der Waals surface area contributed by atoms with Crippen LogP contribution in [0.4, 0.5) is 5.69 Å². The third-order valence-corrected chi connectivity index (χ3v) is 6.21. The van der Waals surface area contributed by atoms with Gasteiger partial charge in [-0.2, -0.15) is 0 Å². The second-order valence-electron chi connectivity index (χ2n) is 8.03. The van der Waals surface area contributed by atoms with Crippen molar-refractivity contribution in [3.05, 3.63) is 60.2 Å². The van der Waals surface area contributed by atoms with Gasteiger partial charge in [0.15, 0.2) is 0 Å². The summed E-state index contributed by atoms with van der Waals surface area (Å²) in [7, 11) is 0. The molecule has 4 heteroatoms. The minimum Gasteiger partial charge on any atom is -0.492 e. The predicted octanol–water partition coefficient (Wildman–Crippen LogP) is 4.61. The number of ether oxygens (including phenoxy) is 1. The topological polar surface area (TPSA) is 41.6 Å². The van der Waals surface area contributed by atoms with Crippen molar-refractivity contribution in [2.45, 2.75) is 43.9 Å². The highest BCUT2D eigenvalue weighted by Gasteiger charge is 2.42. The Hall–Kier alpha value is -2.33. The predicted molar refractivity (Wildman–Crippen MR) is 113 cm³/mol. The maximum atomic E-state index is 13.2. The van der Waals surface area contributed by atoms with Crippen molar-refractivity contribution in [2.75, 3.05) is 31.6 Å². The third-order valence-electron chi connectivity index (χ3n) is 6.21. The molecule has 2 aliphatic rings. The van der Waals surface area contributed by atoms with E-state index in [-0.39, 0.29) is 5.91 Å². The number of rotatable bonds is 7. The van der Waals surface area contributed by atoms with Crippen LogP contribution in [0.3, 0.4) is 0 Å². The van der Waals surface area contributed by atoms with Crippen LogP contribution in [-0.4, -0.2) is 37.0 Å². The van der Waals surface area contributed by atoms with Gasteiger partial charge in [-0.25, -0.2) is 0 Å². The first-order valence-corrected chi connectivity index (χ1v) is 10.6. The number of carbonyl (C=O) groups excluding carboxylic acids is 1. The highest BCUT2D eigenvalue weighted by molar-refractivity contribution is 5.99. The first-order valence-electron chi connectivity index (χ1n) is 10.6. The number of carbonyl (C=O) groups is 1. The second kappa shape index (κ2) is 8.78. The van der Waals surface area contributed by atoms with Gasteiger partial charge in [-0.1, -0.05) is 43.2 Å². The Bertz CT molecular complexity index is 761. The van der Waals surface area contributed by atoms with Crippen LogP contribution in [0.2, 0.25) is 0 Å². The summed E-state index contributed by atoms with van der Waals surface area (Å²) in [5, 5.41) is 3.15. The quantitative estimate of drug-likeness (QED) is 0.765. The lowest BCUT2D eigenvalue weighted by atomic mass is 9.78. The van der Waals surface area contributed by atoms with E-state index < -0.39 is 5.41 Å². The molecule has 1 amide bonds. The zero-order chi connectivity index (χ0) is 19.2. The molecule has 1 aliphatic heterocycles. The van der Waals surface area contributed by atoms with E-state index in [0.717, 1.165) is 49.2 Å². The Morgan fingerprint density at radius 1 is 0.929 bits per heavy atom. The average molecular weight is 379 g/mol. The van der Waals surface area contributed by atoms with Crippen molar-refractivity contribution in [3.63, 3.8) is 0 Å². The molecule has 0 aromatic heterocycles. The Balaban J connectivity index is 1.36.